The largest absolute Gasteiger partial charge is 0.478 e. The van der Waals surface area contributed by atoms with Crippen LogP contribution in [0.5, 0.6) is 0 Å². The van der Waals surface area contributed by atoms with Gasteiger partial charge in [-0.15, -0.1) is 0 Å². The number of benzene rings is 1. The van der Waals surface area contributed by atoms with Gasteiger partial charge in [0, 0.05) is 13.0 Å². The van der Waals surface area contributed by atoms with Crippen LogP contribution in [0.3, 0.4) is 0 Å². The van der Waals surface area contributed by atoms with Gasteiger partial charge in [-0.1, -0.05) is 18.7 Å². The van der Waals surface area contributed by atoms with Crippen molar-refractivity contribution >= 4 is 17.9 Å². The highest BCUT2D eigenvalue weighted by Crippen LogP contribution is 2.12. The van der Waals surface area contributed by atoms with E-state index in [9.17, 15) is 14.4 Å². The van der Waals surface area contributed by atoms with E-state index in [1.807, 2.05) is 0 Å². The third kappa shape index (κ3) is 3.95. The van der Waals surface area contributed by atoms with Crippen LogP contribution in [0.15, 0.2) is 36.9 Å². The summed E-state index contributed by atoms with van der Waals surface area (Å²) in [6, 6.07) is 5.58. The standard InChI is InChI=1S/C13H12O6/c1-3-11(14)18-8(2)19-13(17)10-7-5-4-6-9(10)12(15)16/h3-8H,1H2,2H3,(H,15,16). The Labute approximate surface area is 109 Å². The van der Waals surface area contributed by atoms with Crippen LogP contribution in [0.25, 0.3) is 0 Å². The van der Waals surface area contributed by atoms with Crippen LogP contribution in [0.2, 0.25) is 0 Å². The summed E-state index contributed by atoms with van der Waals surface area (Å²) >= 11 is 0. The molecule has 0 fully saturated rings. The van der Waals surface area contributed by atoms with Crippen LogP contribution in [-0.2, 0) is 14.3 Å². The minimum absolute atomic E-state index is 0.114. The van der Waals surface area contributed by atoms with E-state index in [-0.39, 0.29) is 11.1 Å². The molecule has 0 radical (unpaired) electrons. The number of carboxylic acid groups (broad SMARTS) is 1. The van der Waals surface area contributed by atoms with Crippen molar-refractivity contribution in [1.82, 2.24) is 0 Å². The lowest BCUT2D eigenvalue weighted by atomic mass is 10.1. The second-order valence-electron chi connectivity index (χ2n) is 3.46. The van der Waals surface area contributed by atoms with Crippen LogP contribution in [-0.4, -0.2) is 29.3 Å². The summed E-state index contributed by atoms with van der Waals surface area (Å²) in [7, 11) is 0. The molecular formula is C13H12O6. The van der Waals surface area contributed by atoms with E-state index in [4.69, 9.17) is 9.84 Å². The Kier molecular flexibility index (Phi) is 4.82. The molecular weight excluding hydrogens is 252 g/mol. The molecule has 1 rings (SSSR count). The average molecular weight is 264 g/mol. The molecule has 0 saturated heterocycles. The Morgan fingerprint density at radius 3 is 2.32 bits per heavy atom. The van der Waals surface area contributed by atoms with E-state index >= 15 is 0 Å². The van der Waals surface area contributed by atoms with Crippen molar-refractivity contribution in [2.75, 3.05) is 0 Å². The van der Waals surface area contributed by atoms with Crippen molar-refractivity contribution in [1.29, 1.82) is 0 Å². The van der Waals surface area contributed by atoms with E-state index in [1.54, 1.807) is 0 Å². The summed E-state index contributed by atoms with van der Waals surface area (Å²) in [5.74, 6) is -2.88. The number of carbonyl (C=O) groups is 3. The molecule has 1 N–H and O–H groups in total. The van der Waals surface area contributed by atoms with E-state index in [2.05, 4.69) is 11.3 Å². The van der Waals surface area contributed by atoms with Gasteiger partial charge in [0.25, 0.3) is 0 Å². The Bertz CT molecular complexity index is 520. The lowest BCUT2D eigenvalue weighted by molar-refractivity contribution is -0.159. The van der Waals surface area contributed by atoms with Gasteiger partial charge in [-0.25, -0.2) is 14.4 Å². The topological polar surface area (TPSA) is 89.9 Å². The summed E-state index contributed by atoms with van der Waals surface area (Å²) in [4.78, 5) is 33.6. The molecule has 0 saturated carbocycles. The summed E-state index contributed by atoms with van der Waals surface area (Å²) in [6.45, 7) is 4.53. The molecule has 19 heavy (non-hydrogen) atoms. The highest BCUT2D eigenvalue weighted by Gasteiger charge is 2.20. The first-order chi connectivity index (χ1) is 8.95. The summed E-state index contributed by atoms with van der Waals surface area (Å²) in [6.07, 6.45) is -0.213. The molecule has 0 heterocycles. The zero-order valence-electron chi connectivity index (χ0n) is 10.2. The molecule has 0 aliphatic carbocycles. The average Bonchev–Trinajstić information content (AvgIpc) is 2.38. The number of esters is 2. The van der Waals surface area contributed by atoms with Gasteiger partial charge in [0.1, 0.15) is 0 Å². The highest BCUT2D eigenvalue weighted by atomic mass is 16.7. The third-order valence-corrected chi connectivity index (χ3v) is 2.10. The third-order valence-electron chi connectivity index (χ3n) is 2.10. The van der Waals surface area contributed by atoms with Gasteiger partial charge in [-0.05, 0) is 12.1 Å². The Hall–Kier alpha value is -2.63. The van der Waals surface area contributed by atoms with Crippen molar-refractivity contribution < 1.29 is 29.0 Å². The first kappa shape index (κ1) is 14.4. The minimum Gasteiger partial charge on any atom is -0.478 e. The number of carboxylic acids is 1. The SMILES string of the molecule is C=CC(=O)OC(C)OC(=O)c1ccccc1C(=O)O. The van der Waals surface area contributed by atoms with Gasteiger partial charge in [0.05, 0.1) is 11.1 Å². The predicted octanol–water partition coefficient (Wildman–Crippen LogP) is 1.62. The lowest BCUT2D eigenvalue weighted by Gasteiger charge is -2.13. The van der Waals surface area contributed by atoms with Gasteiger partial charge in [0.15, 0.2) is 0 Å². The maximum Gasteiger partial charge on any atom is 0.342 e. The van der Waals surface area contributed by atoms with Crippen LogP contribution in [0, 0.1) is 0 Å². The smallest absolute Gasteiger partial charge is 0.342 e. The van der Waals surface area contributed by atoms with Crippen LogP contribution < -0.4 is 0 Å². The van der Waals surface area contributed by atoms with Gasteiger partial charge in [0.2, 0.25) is 6.29 Å². The summed E-state index contributed by atoms with van der Waals surface area (Å²) < 4.78 is 9.45. The number of hydrogen-bond donors (Lipinski definition) is 1. The van der Waals surface area contributed by atoms with E-state index in [0.717, 1.165) is 6.08 Å². The number of carbonyl (C=O) groups excluding carboxylic acids is 2. The van der Waals surface area contributed by atoms with E-state index in [0.29, 0.717) is 0 Å². The van der Waals surface area contributed by atoms with Crippen LogP contribution in [0.1, 0.15) is 27.6 Å². The predicted molar refractivity (Wildman–Crippen MR) is 64.6 cm³/mol. The second-order valence-corrected chi connectivity index (χ2v) is 3.46. The normalized spacial score (nSPS) is 11.2. The first-order valence-corrected chi connectivity index (χ1v) is 5.32. The molecule has 100 valence electrons. The van der Waals surface area contributed by atoms with Crippen molar-refractivity contribution in [2.24, 2.45) is 0 Å². The molecule has 0 amide bonds. The Morgan fingerprint density at radius 2 is 1.79 bits per heavy atom. The molecule has 1 unspecified atom stereocenters. The minimum atomic E-state index is -1.25. The number of hydrogen-bond acceptors (Lipinski definition) is 5. The number of rotatable bonds is 5. The van der Waals surface area contributed by atoms with Crippen molar-refractivity contribution in [3.63, 3.8) is 0 Å². The van der Waals surface area contributed by atoms with Gasteiger partial charge in [-0.2, -0.15) is 0 Å². The van der Waals surface area contributed by atoms with Crippen molar-refractivity contribution in [3.05, 3.63) is 48.0 Å². The van der Waals surface area contributed by atoms with Crippen molar-refractivity contribution in [3.8, 4) is 0 Å². The first-order valence-electron chi connectivity index (χ1n) is 5.32. The van der Waals surface area contributed by atoms with E-state index < -0.39 is 24.2 Å². The molecule has 0 aliphatic rings. The quantitative estimate of drug-likeness (QED) is 0.493. The van der Waals surface area contributed by atoms with Crippen LogP contribution >= 0.6 is 0 Å². The molecule has 1 aromatic carbocycles. The zero-order valence-corrected chi connectivity index (χ0v) is 10.2. The summed E-state index contributed by atoms with van der Waals surface area (Å²) in [5, 5.41) is 8.93. The highest BCUT2D eigenvalue weighted by molar-refractivity contribution is 6.02. The number of ether oxygens (including phenoxy) is 2. The van der Waals surface area contributed by atoms with Gasteiger partial charge in [-0.3, -0.25) is 0 Å². The molecule has 6 heteroatoms. The zero-order chi connectivity index (χ0) is 14.4. The maximum atomic E-state index is 11.7. The second kappa shape index (κ2) is 6.34. The van der Waals surface area contributed by atoms with Crippen LogP contribution in [0.4, 0.5) is 0 Å². The molecule has 1 aromatic rings. The lowest BCUT2D eigenvalue weighted by Crippen LogP contribution is -2.22. The molecule has 0 aromatic heterocycles. The number of aromatic carboxylic acids is 1. The fourth-order valence-corrected chi connectivity index (χ4v) is 1.30. The maximum absolute atomic E-state index is 11.7. The van der Waals surface area contributed by atoms with Crippen molar-refractivity contribution in [2.45, 2.75) is 13.2 Å². The molecule has 0 bridgehead atoms. The van der Waals surface area contributed by atoms with Gasteiger partial charge >= 0.3 is 17.9 Å². The fourth-order valence-electron chi connectivity index (χ4n) is 1.30. The van der Waals surface area contributed by atoms with Gasteiger partial charge < -0.3 is 14.6 Å². The van der Waals surface area contributed by atoms with E-state index in [1.165, 1.54) is 31.2 Å². The molecule has 0 spiro atoms. The Morgan fingerprint density at radius 1 is 1.21 bits per heavy atom. The fraction of sp³-hybridized carbons (Fsp3) is 0.154. The summed E-state index contributed by atoms with van der Waals surface area (Å²) in [5.41, 5.74) is -0.300. The Balaban J connectivity index is 2.81. The molecule has 6 nitrogen and oxygen atoms in total. The monoisotopic (exact) mass is 264 g/mol. The molecule has 0 aliphatic heterocycles. The molecule has 1 atom stereocenters.